The number of thiophene rings is 1. The SMILES string of the molecule is CCN(CC)S(=O)(=O)c1ccc(CCNC(=NC)NCCc2ccccc2F)s1. The molecule has 2 aromatic rings. The molecule has 0 radical (unpaired) electrons. The van der Waals surface area contributed by atoms with Gasteiger partial charge in [0.1, 0.15) is 10.0 Å². The number of benzene rings is 1. The van der Waals surface area contributed by atoms with E-state index in [1.165, 1.54) is 21.7 Å². The number of sulfonamides is 1. The third-order valence-corrected chi connectivity index (χ3v) is 8.13. The molecule has 0 aliphatic carbocycles. The molecule has 0 saturated carbocycles. The third-order valence-electron chi connectivity index (χ3n) is 4.47. The molecule has 0 aliphatic rings. The highest BCUT2D eigenvalue weighted by Crippen LogP contribution is 2.25. The highest BCUT2D eigenvalue weighted by Gasteiger charge is 2.23. The fourth-order valence-electron chi connectivity index (χ4n) is 2.86. The highest BCUT2D eigenvalue weighted by atomic mass is 32.2. The molecule has 0 unspecified atom stereocenters. The molecular formula is C20H29FN4O2S2. The topological polar surface area (TPSA) is 73.8 Å². The molecule has 0 amide bonds. The van der Waals surface area contributed by atoms with Crippen molar-refractivity contribution in [2.45, 2.75) is 30.9 Å². The van der Waals surface area contributed by atoms with Crippen LogP contribution >= 0.6 is 11.3 Å². The first-order valence-electron chi connectivity index (χ1n) is 9.69. The Labute approximate surface area is 176 Å². The molecular weight excluding hydrogens is 411 g/mol. The van der Waals surface area contributed by atoms with E-state index in [1.54, 1.807) is 25.2 Å². The van der Waals surface area contributed by atoms with Crippen LogP contribution in [-0.4, -0.2) is 51.9 Å². The van der Waals surface area contributed by atoms with Gasteiger partial charge in [0.15, 0.2) is 5.96 Å². The molecule has 29 heavy (non-hydrogen) atoms. The Balaban J connectivity index is 1.81. The molecule has 2 N–H and O–H groups in total. The maximum absolute atomic E-state index is 13.6. The van der Waals surface area contributed by atoms with Gasteiger partial charge < -0.3 is 10.6 Å². The van der Waals surface area contributed by atoms with Gasteiger partial charge >= 0.3 is 0 Å². The van der Waals surface area contributed by atoms with Crippen LogP contribution in [0.25, 0.3) is 0 Å². The third kappa shape index (κ3) is 6.52. The van der Waals surface area contributed by atoms with Gasteiger partial charge in [-0.15, -0.1) is 11.3 Å². The summed E-state index contributed by atoms with van der Waals surface area (Å²) < 4.78 is 40.6. The summed E-state index contributed by atoms with van der Waals surface area (Å²) >= 11 is 1.30. The van der Waals surface area contributed by atoms with Crippen LogP contribution in [0.4, 0.5) is 4.39 Å². The number of hydrogen-bond acceptors (Lipinski definition) is 4. The summed E-state index contributed by atoms with van der Waals surface area (Å²) in [5, 5.41) is 6.37. The van der Waals surface area contributed by atoms with Gasteiger partial charge in [-0.25, -0.2) is 12.8 Å². The van der Waals surface area contributed by atoms with Crippen LogP contribution in [0.15, 0.2) is 45.6 Å². The Morgan fingerprint density at radius 3 is 2.34 bits per heavy atom. The van der Waals surface area contributed by atoms with E-state index < -0.39 is 10.0 Å². The summed E-state index contributed by atoms with van der Waals surface area (Å²) in [4.78, 5) is 5.15. The quantitative estimate of drug-likeness (QED) is 0.440. The van der Waals surface area contributed by atoms with E-state index >= 15 is 0 Å². The second kappa shape index (κ2) is 11.3. The Kier molecular flexibility index (Phi) is 9.06. The molecule has 1 aromatic carbocycles. The second-order valence-corrected chi connectivity index (χ2v) is 9.66. The van der Waals surface area contributed by atoms with E-state index in [4.69, 9.17) is 0 Å². The smallest absolute Gasteiger partial charge is 0.252 e. The van der Waals surface area contributed by atoms with Gasteiger partial charge in [0.25, 0.3) is 10.0 Å². The van der Waals surface area contributed by atoms with E-state index in [0.29, 0.717) is 54.8 Å². The molecule has 0 saturated heterocycles. The standard InChI is InChI=1S/C20H29FN4O2S2/c1-4-25(5-2)29(26,27)19-11-10-17(28-19)13-15-24-20(22-3)23-14-12-16-8-6-7-9-18(16)21/h6-11H,4-5,12-15H2,1-3H3,(H2,22,23,24). The number of hydrogen-bond donors (Lipinski definition) is 2. The minimum atomic E-state index is -3.40. The van der Waals surface area contributed by atoms with Crippen LogP contribution in [0, 0.1) is 5.82 Å². The van der Waals surface area contributed by atoms with Crippen molar-refractivity contribution in [3.63, 3.8) is 0 Å². The van der Waals surface area contributed by atoms with Crippen molar-refractivity contribution >= 4 is 27.3 Å². The number of aliphatic imine (C=N–C) groups is 1. The number of nitrogens with zero attached hydrogens (tertiary/aromatic N) is 2. The fourth-order valence-corrected chi connectivity index (χ4v) is 5.83. The lowest BCUT2D eigenvalue weighted by Crippen LogP contribution is -2.39. The number of halogens is 1. The second-order valence-electron chi connectivity index (χ2n) is 6.33. The zero-order valence-corrected chi connectivity index (χ0v) is 18.7. The summed E-state index contributed by atoms with van der Waals surface area (Å²) in [5.74, 6) is 0.430. The molecule has 160 valence electrons. The zero-order chi connectivity index (χ0) is 21.3. The van der Waals surface area contributed by atoms with Crippen LogP contribution in [0.2, 0.25) is 0 Å². The molecule has 0 bridgehead atoms. The van der Waals surface area contributed by atoms with Crippen molar-refractivity contribution in [3.05, 3.63) is 52.7 Å². The van der Waals surface area contributed by atoms with Gasteiger partial charge in [-0.1, -0.05) is 32.0 Å². The molecule has 0 aliphatic heterocycles. The van der Waals surface area contributed by atoms with E-state index in [9.17, 15) is 12.8 Å². The van der Waals surface area contributed by atoms with Crippen molar-refractivity contribution in [3.8, 4) is 0 Å². The van der Waals surface area contributed by atoms with Crippen LogP contribution in [0.3, 0.4) is 0 Å². The summed E-state index contributed by atoms with van der Waals surface area (Å²) in [6.07, 6.45) is 1.25. The summed E-state index contributed by atoms with van der Waals surface area (Å²) in [7, 11) is -1.72. The molecule has 2 rings (SSSR count). The predicted octanol–water partition coefficient (Wildman–Crippen LogP) is 2.87. The van der Waals surface area contributed by atoms with E-state index in [1.807, 2.05) is 26.0 Å². The predicted molar refractivity (Wildman–Crippen MR) is 118 cm³/mol. The van der Waals surface area contributed by atoms with Crippen LogP contribution in [0.1, 0.15) is 24.3 Å². The fraction of sp³-hybridized carbons (Fsp3) is 0.450. The lowest BCUT2D eigenvalue weighted by atomic mass is 10.1. The number of rotatable bonds is 10. The number of nitrogens with one attached hydrogen (secondary N) is 2. The lowest BCUT2D eigenvalue weighted by molar-refractivity contribution is 0.447. The van der Waals surface area contributed by atoms with Crippen molar-refractivity contribution in [1.82, 2.24) is 14.9 Å². The maximum Gasteiger partial charge on any atom is 0.252 e. The largest absolute Gasteiger partial charge is 0.356 e. The van der Waals surface area contributed by atoms with Crippen LogP contribution in [0.5, 0.6) is 0 Å². The minimum absolute atomic E-state index is 0.203. The molecule has 9 heteroatoms. The van der Waals surface area contributed by atoms with Gasteiger partial charge in [0, 0.05) is 38.1 Å². The van der Waals surface area contributed by atoms with Crippen LogP contribution < -0.4 is 10.6 Å². The van der Waals surface area contributed by atoms with Gasteiger partial charge in [0.2, 0.25) is 0 Å². The summed E-state index contributed by atoms with van der Waals surface area (Å²) in [6.45, 7) is 5.77. The normalized spacial score (nSPS) is 12.4. The highest BCUT2D eigenvalue weighted by molar-refractivity contribution is 7.91. The van der Waals surface area contributed by atoms with Crippen LogP contribution in [-0.2, 0) is 22.9 Å². The van der Waals surface area contributed by atoms with E-state index in [0.717, 1.165) is 4.88 Å². The van der Waals surface area contributed by atoms with E-state index in [2.05, 4.69) is 15.6 Å². The molecule has 0 fully saturated rings. The van der Waals surface area contributed by atoms with Crippen molar-refractivity contribution in [2.75, 3.05) is 33.2 Å². The Morgan fingerprint density at radius 1 is 1.07 bits per heavy atom. The Bertz CT molecular complexity index is 909. The first-order valence-corrected chi connectivity index (χ1v) is 11.9. The van der Waals surface area contributed by atoms with Crippen molar-refractivity contribution in [2.24, 2.45) is 4.99 Å². The Morgan fingerprint density at radius 2 is 1.72 bits per heavy atom. The number of guanidine groups is 1. The van der Waals surface area contributed by atoms with Gasteiger partial charge in [-0.2, -0.15) is 4.31 Å². The summed E-state index contributed by atoms with van der Waals surface area (Å²) in [5.41, 5.74) is 0.663. The molecule has 0 atom stereocenters. The zero-order valence-electron chi connectivity index (χ0n) is 17.1. The monoisotopic (exact) mass is 440 g/mol. The Hall–Kier alpha value is -1.97. The lowest BCUT2D eigenvalue weighted by Gasteiger charge is -2.16. The molecule has 6 nitrogen and oxygen atoms in total. The van der Waals surface area contributed by atoms with E-state index in [-0.39, 0.29) is 5.82 Å². The van der Waals surface area contributed by atoms with Gasteiger partial charge in [0.05, 0.1) is 0 Å². The average Bonchev–Trinajstić information content (AvgIpc) is 3.19. The molecule has 1 heterocycles. The van der Waals surface area contributed by atoms with Crippen molar-refractivity contribution in [1.29, 1.82) is 0 Å². The van der Waals surface area contributed by atoms with Gasteiger partial charge in [-0.05, 0) is 36.6 Å². The minimum Gasteiger partial charge on any atom is -0.356 e. The summed E-state index contributed by atoms with van der Waals surface area (Å²) in [6, 6.07) is 10.3. The average molecular weight is 441 g/mol. The van der Waals surface area contributed by atoms with Gasteiger partial charge in [-0.3, -0.25) is 4.99 Å². The first kappa shape index (κ1) is 23.3. The van der Waals surface area contributed by atoms with Crippen molar-refractivity contribution < 1.29 is 12.8 Å². The first-order chi connectivity index (χ1) is 13.9. The maximum atomic E-state index is 13.6. The molecule has 1 aromatic heterocycles. The molecule has 0 spiro atoms.